The Balaban J connectivity index is 1.31. The van der Waals surface area contributed by atoms with Gasteiger partial charge in [-0.2, -0.15) is 0 Å². The van der Waals surface area contributed by atoms with Crippen molar-refractivity contribution in [3.8, 4) is 17.1 Å². The second-order valence-electron chi connectivity index (χ2n) is 8.03. The molecule has 1 saturated heterocycles. The molecule has 168 valence electrons. The third-order valence-electron chi connectivity index (χ3n) is 5.72. The van der Waals surface area contributed by atoms with Crippen molar-refractivity contribution in [1.29, 1.82) is 0 Å². The molecule has 0 radical (unpaired) electrons. The van der Waals surface area contributed by atoms with Crippen molar-refractivity contribution in [3.63, 3.8) is 0 Å². The van der Waals surface area contributed by atoms with Crippen LogP contribution in [-0.4, -0.2) is 44.4 Å². The third-order valence-corrected chi connectivity index (χ3v) is 6.49. The van der Waals surface area contributed by atoms with Crippen molar-refractivity contribution in [2.45, 2.75) is 49.2 Å². The number of benzene rings is 1. The Bertz CT molecular complexity index is 1110. The van der Waals surface area contributed by atoms with Crippen LogP contribution < -0.4 is 9.46 Å². The van der Waals surface area contributed by atoms with E-state index >= 15 is 0 Å². The zero-order valence-electron chi connectivity index (χ0n) is 17.5. The molecular weight excluding hydrogens is 433 g/mol. The largest absolute Gasteiger partial charge is 0.493 e. The molecule has 2 aromatic heterocycles. The second kappa shape index (κ2) is 9.05. The number of halogens is 1. The highest BCUT2D eigenvalue weighted by molar-refractivity contribution is 8.00. The standard InChI is InChI=1S/C22H24FN5O3S/c1-12-8-13(4-6-30-12)21-24-11-17(26-21)20-16(23)10-25-22(27-20)28-32-14-2-3-19-15(9-14)18(29)5-7-31-19/h2-3,9-13,18,29H,4-8H2,1H3,(H,24,26)(H,25,27,28). The molecule has 8 nitrogen and oxygen atoms in total. The Morgan fingerprint density at radius 1 is 1.22 bits per heavy atom. The van der Waals surface area contributed by atoms with Crippen molar-refractivity contribution >= 4 is 17.9 Å². The van der Waals surface area contributed by atoms with Crippen molar-refractivity contribution in [3.05, 3.63) is 47.8 Å². The SMILES string of the molecule is CC1CC(c2ncc(-c3nc(NSc4ccc5c(c4)C(O)CCO5)ncc3F)[nH]2)CCO1. The molecule has 10 heteroatoms. The van der Waals surface area contributed by atoms with Gasteiger partial charge < -0.3 is 19.6 Å². The molecule has 0 saturated carbocycles. The van der Waals surface area contributed by atoms with Crippen LogP contribution in [0, 0.1) is 5.82 Å². The molecule has 1 aromatic carbocycles. The van der Waals surface area contributed by atoms with Crippen molar-refractivity contribution in [2.75, 3.05) is 17.9 Å². The predicted octanol–water partition coefficient (Wildman–Crippen LogP) is 4.22. The van der Waals surface area contributed by atoms with Gasteiger partial charge in [-0.05, 0) is 49.9 Å². The Kier molecular flexibility index (Phi) is 5.99. The average Bonchev–Trinajstić information content (AvgIpc) is 3.29. The lowest BCUT2D eigenvalue weighted by Gasteiger charge is -2.25. The minimum atomic E-state index is -0.540. The van der Waals surface area contributed by atoms with Gasteiger partial charge in [0.05, 0.1) is 36.9 Å². The van der Waals surface area contributed by atoms with Crippen LogP contribution in [0.2, 0.25) is 0 Å². The van der Waals surface area contributed by atoms with Crippen LogP contribution in [0.1, 0.15) is 49.6 Å². The number of fused-ring (bicyclic) bond motifs is 1. The van der Waals surface area contributed by atoms with Gasteiger partial charge in [0, 0.05) is 29.4 Å². The van der Waals surface area contributed by atoms with Gasteiger partial charge in [-0.1, -0.05) is 0 Å². The van der Waals surface area contributed by atoms with E-state index in [-0.39, 0.29) is 23.7 Å². The number of aromatic amines is 1. The Morgan fingerprint density at radius 2 is 2.12 bits per heavy atom. The number of H-pyrrole nitrogens is 1. The maximum absolute atomic E-state index is 14.5. The number of imidazole rings is 1. The van der Waals surface area contributed by atoms with Gasteiger partial charge in [0.25, 0.3) is 0 Å². The summed E-state index contributed by atoms with van der Waals surface area (Å²) < 4.78 is 28.7. The molecule has 0 spiro atoms. The van der Waals surface area contributed by atoms with E-state index < -0.39 is 11.9 Å². The number of aliphatic hydroxyl groups is 1. The lowest BCUT2D eigenvalue weighted by Crippen LogP contribution is -2.22. The number of ether oxygens (including phenoxy) is 2. The van der Waals surface area contributed by atoms with E-state index in [1.165, 1.54) is 11.9 Å². The fourth-order valence-electron chi connectivity index (χ4n) is 4.04. The highest BCUT2D eigenvalue weighted by atomic mass is 32.2. The lowest BCUT2D eigenvalue weighted by atomic mass is 9.96. The summed E-state index contributed by atoms with van der Waals surface area (Å²) >= 11 is 1.28. The summed E-state index contributed by atoms with van der Waals surface area (Å²) in [5.74, 6) is 1.53. The van der Waals surface area contributed by atoms with Crippen LogP contribution >= 0.6 is 11.9 Å². The number of hydrogen-bond acceptors (Lipinski definition) is 8. The molecule has 3 aromatic rings. The normalized spacial score (nSPS) is 22.8. The fourth-order valence-corrected chi connectivity index (χ4v) is 4.67. The topological polar surface area (TPSA) is 105 Å². The van der Waals surface area contributed by atoms with Crippen LogP contribution in [0.5, 0.6) is 5.75 Å². The highest BCUT2D eigenvalue weighted by Crippen LogP contribution is 2.35. The zero-order chi connectivity index (χ0) is 22.1. The van der Waals surface area contributed by atoms with Crippen molar-refractivity contribution in [1.82, 2.24) is 19.9 Å². The minimum Gasteiger partial charge on any atom is -0.493 e. The number of hydrogen-bond donors (Lipinski definition) is 3. The second-order valence-corrected chi connectivity index (χ2v) is 8.91. The first kappa shape index (κ1) is 21.2. The molecule has 32 heavy (non-hydrogen) atoms. The summed E-state index contributed by atoms with van der Waals surface area (Å²) in [4.78, 5) is 16.9. The highest BCUT2D eigenvalue weighted by Gasteiger charge is 2.24. The lowest BCUT2D eigenvalue weighted by molar-refractivity contribution is 0.0174. The number of nitrogens with zero attached hydrogens (tertiary/aromatic N) is 3. The molecule has 0 bridgehead atoms. The monoisotopic (exact) mass is 457 g/mol. The van der Waals surface area contributed by atoms with Crippen LogP contribution in [0.15, 0.2) is 35.5 Å². The molecule has 2 aliphatic heterocycles. The number of anilines is 1. The number of rotatable bonds is 5. The van der Waals surface area contributed by atoms with Crippen LogP contribution in [0.4, 0.5) is 10.3 Å². The van der Waals surface area contributed by atoms with Gasteiger partial charge in [-0.3, -0.25) is 4.72 Å². The van der Waals surface area contributed by atoms with E-state index in [4.69, 9.17) is 9.47 Å². The van der Waals surface area contributed by atoms with Crippen LogP contribution in [-0.2, 0) is 4.74 Å². The molecular formula is C22H24FN5O3S. The third kappa shape index (κ3) is 4.43. The summed E-state index contributed by atoms with van der Waals surface area (Å²) in [6.07, 6.45) is 4.73. The maximum atomic E-state index is 14.5. The summed E-state index contributed by atoms with van der Waals surface area (Å²) in [5, 5.41) is 10.2. The van der Waals surface area contributed by atoms with E-state index in [2.05, 4.69) is 24.7 Å². The molecule has 3 N–H and O–H groups in total. The zero-order valence-corrected chi connectivity index (χ0v) is 18.4. The maximum Gasteiger partial charge on any atom is 0.233 e. The summed E-state index contributed by atoms with van der Waals surface area (Å²) in [6.45, 7) is 3.25. The average molecular weight is 458 g/mol. The molecule has 1 fully saturated rings. The Morgan fingerprint density at radius 3 is 3.00 bits per heavy atom. The molecule has 3 unspecified atom stereocenters. The van der Waals surface area contributed by atoms with E-state index in [1.807, 2.05) is 25.1 Å². The van der Waals surface area contributed by atoms with Crippen molar-refractivity contribution in [2.24, 2.45) is 0 Å². The quantitative estimate of drug-likeness (QED) is 0.489. The van der Waals surface area contributed by atoms with E-state index in [0.717, 1.165) is 35.3 Å². The van der Waals surface area contributed by atoms with Gasteiger partial charge in [0.2, 0.25) is 5.95 Å². The number of nitrogens with one attached hydrogen (secondary N) is 2. The summed E-state index contributed by atoms with van der Waals surface area (Å²) in [5.41, 5.74) is 1.44. The fraction of sp³-hybridized carbons (Fsp3) is 0.409. The molecule has 3 atom stereocenters. The van der Waals surface area contributed by atoms with Gasteiger partial charge >= 0.3 is 0 Å². The Labute approximate surface area is 189 Å². The summed E-state index contributed by atoms with van der Waals surface area (Å²) in [6, 6.07) is 5.59. The molecule has 2 aliphatic rings. The van der Waals surface area contributed by atoms with Gasteiger partial charge in [0.1, 0.15) is 17.3 Å². The van der Waals surface area contributed by atoms with E-state index in [1.54, 1.807) is 6.20 Å². The first-order valence-corrected chi connectivity index (χ1v) is 11.5. The van der Waals surface area contributed by atoms with E-state index in [0.29, 0.717) is 31.1 Å². The first-order chi connectivity index (χ1) is 15.6. The molecule has 4 heterocycles. The number of aromatic nitrogens is 4. The van der Waals surface area contributed by atoms with E-state index in [9.17, 15) is 9.50 Å². The van der Waals surface area contributed by atoms with Crippen LogP contribution in [0.25, 0.3) is 11.4 Å². The molecule has 0 aliphatic carbocycles. The Hall–Kier alpha value is -2.69. The van der Waals surface area contributed by atoms with Crippen LogP contribution in [0.3, 0.4) is 0 Å². The smallest absolute Gasteiger partial charge is 0.233 e. The predicted molar refractivity (Wildman–Crippen MR) is 118 cm³/mol. The molecule has 0 amide bonds. The van der Waals surface area contributed by atoms with Crippen molar-refractivity contribution < 1.29 is 19.0 Å². The van der Waals surface area contributed by atoms with Gasteiger partial charge in [-0.25, -0.2) is 19.3 Å². The minimum absolute atomic E-state index is 0.163. The first-order valence-electron chi connectivity index (χ1n) is 10.6. The summed E-state index contributed by atoms with van der Waals surface area (Å²) in [7, 11) is 0. The molecule has 5 rings (SSSR count). The van der Waals surface area contributed by atoms with Gasteiger partial charge in [-0.15, -0.1) is 0 Å². The number of aliphatic hydroxyl groups excluding tert-OH is 1. The van der Waals surface area contributed by atoms with Gasteiger partial charge in [0.15, 0.2) is 5.82 Å².